The molecular formula is C12H11BrFN3. The number of halogens is 2. The first-order valence-electron chi connectivity index (χ1n) is 5.08. The molecule has 0 aliphatic heterocycles. The van der Waals surface area contributed by atoms with E-state index < -0.39 is 6.04 Å². The van der Waals surface area contributed by atoms with Crippen LogP contribution in [0.5, 0.6) is 0 Å². The van der Waals surface area contributed by atoms with E-state index >= 15 is 0 Å². The Morgan fingerprint density at radius 3 is 2.82 bits per heavy atom. The van der Waals surface area contributed by atoms with Gasteiger partial charge in [0.1, 0.15) is 11.6 Å². The third-order valence-corrected chi connectivity index (χ3v) is 3.05. The monoisotopic (exact) mass is 295 g/mol. The third kappa shape index (κ3) is 2.50. The molecule has 0 spiro atoms. The van der Waals surface area contributed by atoms with Gasteiger partial charge in [0.05, 0.1) is 16.2 Å². The maximum Gasteiger partial charge on any atom is 0.142 e. The highest BCUT2D eigenvalue weighted by atomic mass is 79.9. The summed E-state index contributed by atoms with van der Waals surface area (Å²) in [6, 6.07) is 6.14. The summed E-state index contributed by atoms with van der Waals surface area (Å²) in [7, 11) is 0. The third-order valence-electron chi connectivity index (χ3n) is 2.43. The van der Waals surface area contributed by atoms with Crippen molar-refractivity contribution in [3.8, 4) is 0 Å². The molecule has 2 N–H and O–H groups in total. The van der Waals surface area contributed by atoms with Crippen molar-refractivity contribution in [2.24, 2.45) is 5.73 Å². The second-order valence-corrected chi connectivity index (χ2v) is 4.50. The normalized spacial score (nSPS) is 12.5. The molecule has 17 heavy (non-hydrogen) atoms. The van der Waals surface area contributed by atoms with E-state index in [2.05, 4.69) is 25.9 Å². The largest absolute Gasteiger partial charge is 0.319 e. The van der Waals surface area contributed by atoms with Crippen LogP contribution >= 0.6 is 15.9 Å². The van der Waals surface area contributed by atoms with Gasteiger partial charge in [-0.3, -0.25) is 0 Å². The van der Waals surface area contributed by atoms with Crippen LogP contribution in [0.1, 0.15) is 23.1 Å². The van der Waals surface area contributed by atoms with Crippen LogP contribution in [0.2, 0.25) is 0 Å². The highest BCUT2D eigenvalue weighted by Gasteiger charge is 2.16. The zero-order chi connectivity index (χ0) is 12.4. The second-order valence-electron chi connectivity index (χ2n) is 3.65. The zero-order valence-electron chi connectivity index (χ0n) is 9.19. The Hall–Kier alpha value is -1.33. The lowest BCUT2D eigenvalue weighted by atomic mass is 10.0. The van der Waals surface area contributed by atoms with Gasteiger partial charge in [0, 0.05) is 11.8 Å². The summed E-state index contributed by atoms with van der Waals surface area (Å²) < 4.78 is 14.3. The highest BCUT2D eigenvalue weighted by molar-refractivity contribution is 9.10. The molecule has 0 saturated heterocycles. The smallest absolute Gasteiger partial charge is 0.142 e. The number of benzene rings is 1. The lowest BCUT2D eigenvalue weighted by Gasteiger charge is -2.13. The molecule has 2 aromatic rings. The van der Waals surface area contributed by atoms with Gasteiger partial charge in [-0.1, -0.05) is 12.1 Å². The molecule has 1 aromatic carbocycles. The van der Waals surface area contributed by atoms with Crippen LogP contribution in [0.25, 0.3) is 0 Å². The van der Waals surface area contributed by atoms with Crippen molar-refractivity contribution in [2.75, 3.05) is 0 Å². The molecule has 1 unspecified atom stereocenters. The molecule has 2 rings (SSSR count). The second kappa shape index (κ2) is 4.89. The molecule has 0 saturated carbocycles. The van der Waals surface area contributed by atoms with Crippen LogP contribution in [0.15, 0.2) is 34.9 Å². The zero-order valence-corrected chi connectivity index (χ0v) is 10.8. The summed E-state index contributed by atoms with van der Waals surface area (Å²) in [5.41, 5.74) is 7.02. The molecule has 1 aromatic heterocycles. The van der Waals surface area contributed by atoms with E-state index in [-0.39, 0.29) is 5.82 Å². The van der Waals surface area contributed by atoms with Gasteiger partial charge in [-0.25, -0.2) is 14.4 Å². The minimum atomic E-state index is -0.589. The molecule has 0 aliphatic rings. The Morgan fingerprint density at radius 1 is 1.35 bits per heavy atom. The summed E-state index contributed by atoms with van der Waals surface area (Å²) in [6.45, 7) is 1.77. The lowest BCUT2D eigenvalue weighted by Crippen LogP contribution is -2.16. The minimum absolute atomic E-state index is 0.351. The van der Waals surface area contributed by atoms with E-state index in [0.717, 1.165) is 0 Å². The van der Waals surface area contributed by atoms with E-state index in [1.807, 2.05) is 0 Å². The van der Waals surface area contributed by atoms with E-state index in [4.69, 9.17) is 5.73 Å². The number of hydrogen-bond donors (Lipinski definition) is 1. The lowest BCUT2D eigenvalue weighted by molar-refractivity contribution is 0.590. The molecule has 0 radical (unpaired) electrons. The first-order valence-corrected chi connectivity index (χ1v) is 5.88. The fraction of sp³-hybridized carbons (Fsp3) is 0.167. The standard InChI is InChI=1S/C12H11BrFN3/c1-7-16-6-5-10(17-7)12(15)8-3-2-4-9(13)11(8)14/h2-6,12H,15H2,1H3. The maximum absolute atomic E-state index is 13.9. The summed E-state index contributed by atoms with van der Waals surface area (Å²) in [5.74, 6) is 0.268. The van der Waals surface area contributed by atoms with Crippen LogP contribution in [-0.2, 0) is 0 Å². The van der Waals surface area contributed by atoms with Crippen molar-refractivity contribution >= 4 is 15.9 Å². The summed E-state index contributed by atoms with van der Waals surface area (Å²) in [4.78, 5) is 8.19. The van der Waals surface area contributed by atoms with Gasteiger partial charge in [0.2, 0.25) is 0 Å². The van der Waals surface area contributed by atoms with Crippen molar-refractivity contribution in [3.05, 3.63) is 57.8 Å². The number of rotatable bonds is 2. The van der Waals surface area contributed by atoms with Crippen LogP contribution in [0.3, 0.4) is 0 Å². The Morgan fingerprint density at radius 2 is 2.12 bits per heavy atom. The molecule has 0 aliphatic carbocycles. The fourth-order valence-electron chi connectivity index (χ4n) is 1.57. The van der Waals surface area contributed by atoms with Crippen molar-refractivity contribution < 1.29 is 4.39 Å². The van der Waals surface area contributed by atoms with Crippen LogP contribution in [0.4, 0.5) is 4.39 Å². The van der Waals surface area contributed by atoms with Crippen LogP contribution in [0, 0.1) is 12.7 Å². The summed E-state index contributed by atoms with van der Waals surface area (Å²) in [6.07, 6.45) is 1.62. The Bertz CT molecular complexity index is 545. The molecular weight excluding hydrogens is 285 g/mol. The van der Waals surface area contributed by atoms with Crippen molar-refractivity contribution in [3.63, 3.8) is 0 Å². The molecule has 0 amide bonds. The number of nitrogens with two attached hydrogens (primary N) is 1. The van der Waals surface area contributed by atoms with E-state index in [1.54, 1.807) is 37.4 Å². The molecule has 1 heterocycles. The van der Waals surface area contributed by atoms with Gasteiger partial charge < -0.3 is 5.73 Å². The van der Waals surface area contributed by atoms with Crippen LogP contribution < -0.4 is 5.73 Å². The molecule has 3 nitrogen and oxygen atoms in total. The first kappa shape index (κ1) is 12.1. The predicted octanol–water partition coefficient (Wildman–Crippen LogP) is 2.73. The molecule has 5 heteroatoms. The van der Waals surface area contributed by atoms with Gasteiger partial charge in [0.25, 0.3) is 0 Å². The number of aromatic nitrogens is 2. The molecule has 88 valence electrons. The topological polar surface area (TPSA) is 51.8 Å². The van der Waals surface area contributed by atoms with Gasteiger partial charge in [-0.2, -0.15) is 0 Å². The highest BCUT2D eigenvalue weighted by Crippen LogP contribution is 2.25. The fourth-order valence-corrected chi connectivity index (χ4v) is 1.95. The number of hydrogen-bond acceptors (Lipinski definition) is 3. The van der Waals surface area contributed by atoms with Crippen LogP contribution in [-0.4, -0.2) is 9.97 Å². The van der Waals surface area contributed by atoms with Crippen molar-refractivity contribution in [1.82, 2.24) is 9.97 Å². The van der Waals surface area contributed by atoms with E-state index in [0.29, 0.717) is 21.6 Å². The summed E-state index contributed by atoms with van der Waals surface area (Å²) in [5, 5.41) is 0. The minimum Gasteiger partial charge on any atom is -0.319 e. The van der Waals surface area contributed by atoms with Gasteiger partial charge in [-0.05, 0) is 35.0 Å². The van der Waals surface area contributed by atoms with Crippen molar-refractivity contribution in [2.45, 2.75) is 13.0 Å². The van der Waals surface area contributed by atoms with Gasteiger partial charge in [0.15, 0.2) is 0 Å². The van der Waals surface area contributed by atoms with Crippen molar-refractivity contribution in [1.29, 1.82) is 0 Å². The Balaban J connectivity index is 2.44. The number of aryl methyl sites for hydroxylation is 1. The maximum atomic E-state index is 13.9. The first-order chi connectivity index (χ1) is 8.09. The van der Waals surface area contributed by atoms with Gasteiger partial charge in [-0.15, -0.1) is 0 Å². The Labute approximate surface area is 107 Å². The summed E-state index contributed by atoms with van der Waals surface area (Å²) >= 11 is 3.14. The molecule has 1 atom stereocenters. The molecule has 0 fully saturated rings. The SMILES string of the molecule is Cc1nccc(C(N)c2cccc(Br)c2F)n1. The molecule has 0 bridgehead atoms. The quantitative estimate of drug-likeness (QED) is 0.927. The number of nitrogens with zero attached hydrogens (tertiary/aromatic N) is 2. The predicted molar refractivity (Wildman–Crippen MR) is 66.9 cm³/mol. The van der Waals surface area contributed by atoms with E-state index in [9.17, 15) is 4.39 Å². The Kier molecular flexibility index (Phi) is 3.49. The average molecular weight is 296 g/mol. The van der Waals surface area contributed by atoms with Gasteiger partial charge >= 0.3 is 0 Å². The van der Waals surface area contributed by atoms with E-state index in [1.165, 1.54) is 0 Å². The average Bonchev–Trinajstić information content (AvgIpc) is 2.32.